The lowest BCUT2D eigenvalue weighted by molar-refractivity contribution is -0.150. The highest BCUT2D eigenvalue weighted by Gasteiger charge is 2.52. The lowest BCUT2D eigenvalue weighted by Crippen LogP contribution is -2.48. The van der Waals surface area contributed by atoms with Crippen LogP contribution < -0.4 is 0 Å². The number of hydrogen-bond acceptors (Lipinski definition) is 1. The van der Waals surface area contributed by atoms with E-state index in [0.29, 0.717) is 24.3 Å². The van der Waals surface area contributed by atoms with Gasteiger partial charge < -0.3 is 5.11 Å². The minimum Gasteiger partial charge on any atom is -0.481 e. The van der Waals surface area contributed by atoms with Gasteiger partial charge in [0, 0.05) is 5.56 Å². The molecule has 1 aliphatic rings. The summed E-state index contributed by atoms with van der Waals surface area (Å²) in [6.45, 7) is 2.09. The highest BCUT2D eigenvalue weighted by molar-refractivity contribution is 5.82. The molecule has 0 radical (unpaired) electrons. The van der Waals surface area contributed by atoms with Crippen LogP contribution in [-0.4, -0.2) is 11.1 Å². The molecular weight excluding hydrogens is 219 g/mol. The van der Waals surface area contributed by atoms with Gasteiger partial charge in [-0.15, -0.1) is 0 Å². The van der Waals surface area contributed by atoms with Crippen molar-refractivity contribution in [3.8, 4) is 0 Å². The molecule has 1 aromatic carbocycles. The first-order valence-electron chi connectivity index (χ1n) is 6.08. The Morgan fingerprint density at radius 2 is 2.12 bits per heavy atom. The van der Waals surface area contributed by atoms with Gasteiger partial charge in [0.2, 0.25) is 0 Å². The molecule has 0 spiro atoms. The highest BCUT2D eigenvalue weighted by Crippen LogP contribution is 2.50. The molecule has 2 nitrogen and oxygen atoms in total. The first-order chi connectivity index (χ1) is 8.10. The fourth-order valence-electron chi connectivity index (χ4n) is 2.90. The SMILES string of the molecule is CCCC1CC(C(=O)O)(c2ccccc2F)C1. The summed E-state index contributed by atoms with van der Waals surface area (Å²) in [6, 6.07) is 6.24. The molecule has 1 fully saturated rings. The molecule has 1 saturated carbocycles. The summed E-state index contributed by atoms with van der Waals surface area (Å²) in [4.78, 5) is 11.4. The fraction of sp³-hybridized carbons (Fsp3) is 0.500. The Morgan fingerprint density at radius 3 is 2.65 bits per heavy atom. The van der Waals surface area contributed by atoms with Crippen LogP contribution >= 0.6 is 0 Å². The molecule has 92 valence electrons. The van der Waals surface area contributed by atoms with Crippen LogP contribution in [0, 0.1) is 11.7 Å². The number of rotatable bonds is 4. The topological polar surface area (TPSA) is 37.3 Å². The van der Waals surface area contributed by atoms with E-state index in [-0.39, 0.29) is 0 Å². The predicted octanol–water partition coefficient (Wildman–Crippen LogP) is 3.36. The van der Waals surface area contributed by atoms with E-state index in [1.54, 1.807) is 18.2 Å². The van der Waals surface area contributed by atoms with Gasteiger partial charge in [0.15, 0.2) is 0 Å². The second kappa shape index (κ2) is 4.47. The van der Waals surface area contributed by atoms with E-state index < -0.39 is 17.2 Å². The van der Waals surface area contributed by atoms with Gasteiger partial charge in [0.1, 0.15) is 5.82 Å². The molecule has 1 aromatic rings. The summed E-state index contributed by atoms with van der Waals surface area (Å²) in [5.41, 5.74) is -0.634. The van der Waals surface area contributed by atoms with Crippen molar-refractivity contribution in [1.29, 1.82) is 0 Å². The average Bonchev–Trinajstić information content (AvgIpc) is 2.23. The normalized spacial score (nSPS) is 27.5. The van der Waals surface area contributed by atoms with Crippen LogP contribution in [0.25, 0.3) is 0 Å². The molecule has 17 heavy (non-hydrogen) atoms. The predicted molar refractivity (Wildman–Crippen MR) is 63.3 cm³/mol. The van der Waals surface area contributed by atoms with E-state index in [4.69, 9.17) is 0 Å². The monoisotopic (exact) mass is 236 g/mol. The molecule has 0 amide bonds. The van der Waals surface area contributed by atoms with E-state index in [1.165, 1.54) is 6.07 Å². The number of hydrogen-bond donors (Lipinski definition) is 1. The van der Waals surface area contributed by atoms with Crippen LogP contribution in [0.3, 0.4) is 0 Å². The van der Waals surface area contributed by atoms with Crippen molar-refractivity contribution in [3.63, 3.8) is 0 Å². The van der Waals surface area contributed by atoms with Crippen molar-refractivity contribution in [2.75, 3.05) is 0 Å². The van der Waals surface area contributed by atoms with Gasteiger partial charge in [-0.1, -0.05) is 38.0 Å². The van der Waals surface area contributed by atoms with E-state index in [0.717, 1.165) is 12.8 Å². The molecule has 0 aliphatic heterocycles. The van der Waals surface area contributed by atoms with Crippen LogP contribution in [0.15, 0.2) is 24.3 Å². The minimum absolute atomic E-state index is 0.347. The Kier molecular flexibility index (Phi) is 3.18. The van der Waals surface area contributed by atoms with Gasteiger partial charge in [-0.25, -0.2) is 4.39 Å². The number of carbonyl (C=O) groups is 1. The summed E-state index contributed by atoms with van der Waals surface area (Å²) in [7, 11) is 0. The van der Waals surface area contributed by atoms with Gasteiger partial charge >= 0.3 is 5.97 Å². The molecule has 0 aromatic heterocycles. The van der Waals surface area contributed by atoms with Crippen molar-refractivity contribution in [3.05, 3.63) is 35.6 Å². The standard InChI is InChI=1S/C14H17FO2/c1-2-5-10-8-14(9-10,13(16)17)11-6-3-4-7-12(11)15/h3-4,6-7,10H,2,5,8-9H2,1H3,(H,16,17). The summed E-state index contributed by atoms with van der Waals surface area (Å²) >= 11 is 0. The molecule has 0 heterocycles. The molecule has 1 aliphatic carbocycles. The minimum atomic E-state index is -0.981. The maximum absolute atomic E-state index is 13.7. The molecule has 0 bridgehead atoms. The number of carboxylic acids is 1. The molecule has 3 heteroatoms. The van der Waals surface area contributed by atoms with Crippen molar-refractivity contribution in [2.24, 2.45) is 5.92 Å². The summed E-state index contributed by atoms with van der Waals surface area (Å²) < 4.78 is 13.7. The molecule has 0 saturated heterocycles. The van der Waals surface area contributed by atoms with Gasteiger partial charge in [-0.3, -0.25) is 4.79 Å². The average molecular weight is 236 g/mol. The lowest BCUT2D eigenvalue weighted by atomic mass is 9.57. The van der Waals surface area contributed by atoms with E-state index in [9.17, 15) is 14.3 Å². The van der Waals surface area contributed by atoms with Crippen LogP contribution in [-0.2, 0) is 10.2 Å². The Hall–Kier alpha value is -1.38. The quantitative estimate of drug-likeness (QED) is 0.870. The zero-order chi connectivity index (χ0) is 12.5. The van der Waals surface area contributed by atoms with Gasteiger partial charge in [0.05, 0.1) is 5.41 Å². The van der Waals surface area contributed by atoms with E-state index >= 15 is 0 Å². The zero-order valence-electron chi connectivity index (χ0n) is 9.95. The first-order valence-corrected chi connectivity index (χ1v) is 6.08. The summed E-state index contributed by atoms with van der Waals surface area (Å²) in [5.74, 6) is -0.865. The smallest absolute Gasteiger partial charge is 0.314 e. The van der Waals surface area contributed by atoms with Crippen LogP contribution in [0.2, 0.25) is 0 Å². The van der Waals surface area contributed by atoms with Crippen LogP contribution in [0.4, 0.5) is 4.39 Å². The van der Waals surface area contributed by atoms with Crippen LogP contribution in [0.1, 0.15) is 38.2 Å². The Labute approximate surface area is 100 Å². The maximum atomic E-state index is 13.7. The Balaban J connectivity index is 2.27. The van der Waals surface area contributed by atoms with Crippen LogP contribution in [0.5, 0.6) is 0 Å². The van der Waals surface area contributed by atoms with Crippen molar-refractivity contribution in [2.45, 2.75) is 38.0 Å². The molecule has 0 atom stereocenters. The third-order valence-corrected chi connectivity index (χ3v) is 3.77. The number of carboxylic acid groups (broad SMARTS) is 1. The number of halogens is 1. The maximum Gasteiger partial charge on any atom is 0.314 e. The second-order valence-corrected chi connectivity index (χ2v) is 4.93. The highest BCUT2D eigenvalue weighted by atomic mass is 19.1. The van der Waals surface area contributed by atoms with Crippen molar-refractivity contribution < 1.29 is 14.3 Å². The fourth-order valence-corrected chi connectivity index (χ4v) is 2.90. The Morgan fingerprint density at radius 1 is 1.47 bits per heavy atom. The van der Waals surface area contributed by atoms with E-state index in [1.807, 2.05) is 0 Å². The van der Waals surface area contributed by atoms with Crippen molar-refractivity contribution >= 4 is 5.97 Å². The zero-order valence-corrected chi connectivity index (χ0v) is 9.95. The molecular formula is C14H17FO2. The third kappa shape index (κ3) is 1.94. The summed E-state index contributed by atoms with van der Waals surface area (Å²) in [6.07, 6.45) is 3.22. The van der Waals surface area contributed by atoms with Gasteiger partial charge in [-0.05, 0) is 24.8 Å². The largest absolute Gasteiger partial charge is 0.481 e. The number of aliphatic carboxylic acids is 1. The molecule has 0 unspecified atom stereocenters. The van der Waals surface area contributed by atoms with E-state index in [2.05, 4.69) is 6.92 Å². The van der Waals surface area contributed by atoms with Gasteiger partial charge in [-0.2, -0.15) is 0 Å². The molecule has 2 rings (SSSR count). The van der Waals surface area contributed by atoms with Gasteiger partial charge in [0.25, 0.3) is 0 Å². The first kappa shape index (κ1) is 12.1. The lowest BCUT2D eigenvalue weighted by Gasteiger charge is -2.45. The Bertz CT molecular complexity index is 422. The summed E-state index contributed by atoms with van der Waals surface area (Å²) in [5, 5.41) is 9.38. The van der Waals surface area contributed by atoms with Crippen molar-refractivity contribution in [1.82, 2.24) is 0 Å². The third-order valence-electron chi connectivity index (χ3n) is 3.77. The molecule has 1 N–H and O–H groups in total. The second-order valence-electron chi connectivity index (χ2n) is 4.93. The number of benzene rings is 1.